The van der Waals surface area contributed by atoms with Gasteiger partial charge in [0.2, 0.25) is 5.91 Å². The standard InChI is InChI=1S/C18H24ClN5O2S/c19-15-4-3-5-16(12-15)24-14-21-22-18(24)27-13-17(25)20-6-1-2-7-23-8-10-26-11-9-23/h3-5,12,14H,1-2,6-11,13H2,(H,20,25). The minimum absolute atomic E-state index is 0.00650. The fourth-order valence-electron chi connectivity index (χ4n) is 2.82. The third kappa shape index (κ3) is 6.49. The first-order valence-electron chi connectivity index (χ1n) is 9.08. The van der Waals surface area contributed by atoms with Crippen LogP contribution in [0.1, 0.15) is 12.8 Å². The fourth-order valence-corrected chi connectivity index (χ4v) is 3.76. The zero-order chi connectivity index (χ0) is 18.9. The molecule has 1 amide bonds. The summed E-state index contributed by atoms with van der Waals surface area (Å²) in [5.74, 6) is 0.315. The van der Waals surface area contributed by atoms with E-state index in [1.807, 2.05) is 28.8 Å². The van der Waals surface area contributed by atoms with Crippen molar-refractivity contribution in [1.29, 1.82) is 0 Å². The number of benzene rings is 1. The summed E-state index contributed by atoms with van der Waals surface area (Å²) in [5.41, 5.74) is 0.874. The molecule has 1 N–H and O–H groups in total. The molecule has 0 radical (unpaired) electrons. The van der Waals surface area contributed by atoms with Gasteiger partial charge in [0.15, 0.2) is 5.16 Å². The molecule has 3 rings (SSSR count). The molecule has 1 fully saturated rings. The number of morpholine rings is 1. The highest BCUT2D eigenvalue weighted by Gasteiger charge is 2.11. The Labute approximate surface area is 168 Å². The van der Waals surface area contributed by atoms with Gasteiger partial charge >= 0.3 is 0 Å². The molecule has 9 heteroatoms. The van der Waals surface area contributed by atoms with Gasteiger partial charge in [0.25, 0.3) is 0 Å². The van der Waals surface area contributed by atoms with Crippen LogP contribution in [0.2, 0.25) is 5.02 Å². The number of nitrogens with one attached hydrogen (secondary N) is 1. The number of halogens is 1. The van der Waals surface area contributed by atoms with E-state index in [4.69, 9.17) is 16.3 Å². The fraction of sp³-hybridized carbons (Fsp3) is 0.500. The summed E-state index contributed by atoms with van der Waals surface area (Å²) in [6.07, 6.45) is 3.68. The van der Waals surface area contributed by atoms with Crippen LogP contribution >= 0.6 is 23.4 Å². The van der Waals surface area contributed by atoms with Gasteiger partial charge in [-0.15, -0.1) is 10.2 Å². The van der Waals surface area contributed by atoms with E-state index in [1.54, 1.807) is 6.33 Å². The van der Waals surface area contributed by atoms with Crippen LogP contribution in [0.4, 0.5) is 0 Å². The molecule has 0 saturated carbocycles. The Morgan fingerprint density at radius 1 is 1.30 bits per heavy atom. The highest BCUT2D eigenvalue weighted by Crippen LogP contribution is 2.21. The van der Waals surface area contributed by atoms with Crippen LogP contribution in [0, 0.1) is 0 Å². The summed E-state index contributed by atoms with van der Waals surface area (Å²) in [7, 11) is 0. The van der Waals surface area contributed by atoms with Gasteiger partial charge in [-0.25, -0.2) is 0 Å². The minimum Gasteiger partial charge on any atom is -0.379 e. The average molecular weight is 410 g/mol. The van der Waals surface area contributed by atoms with Gasteiger partial charge in [0.05, 0.1) is 24.7 Å². The Hall–Kier alpha value is -1.61. The Balaban J connectivity index is 1.35. The van der Waals surface area contributed by atoms with Crippen molar-refractivity contribution in [3.05, 3.63) is 35.6 Å². The van der Waals surface area contributed by atoms with Crippen LogP contribution in [0.25, 0.3) is 5.69 Å². The molecule has 1 aromatic carbocycles. The van der Waals surface area contributed by atoms with Gasteiger partial charge in [-0.2, -0.15) is 0 Å². The molecular formula is C18H24ClN5O2S. The van der Waals surface area contributed by atoms with Gasteiger partial charge in [0, 0.05) is 24.7 Å². The molecular weight excluding hydrogens is 386 g/mol. The number of rotatable bonds is 9. The third-order valence-electron chi connectivity index (χ3n) is 4.26. The molecule has 1 aliphatic heterocycles. The number of hydrogen-bond donors (Lipinski definition) is 1. The normalized spacial score (nSPS) is 15.0. The maximum Gasteiger partial charge on any atom is 0.230 e. The average Bonchev–Trinajstić information content (AvgIpc) is 3.15. The summed E-state index contributed by atoms with van der Waals surface area (Å²) in [5, 5.41) is 12.3. The summed E-state index contributed by atoms with van der Waals surface area (Å²) < 4.78 is 7.17. The number of nitrogens with zero attached hydrogens (tertiary/aromatic N) is 4. The number of thioether (sulfide) groups is 1. The largest absolute Gasteiger partial charge is 0.379 e. The summed E-state index contributed by atoms with van der Waals surface area (Å²) in [6.45, 7) is 5.44. The zero-order valence-electron chi connectivity index (χ0n) is 15.1. The molecule has 2 aromatic rings. The monoisotopic (exact) mass is 409 g/mol. The Morgan fingerprint density at radius 3 is 2.96 bits per heavy atom. The predicted octanol–water partition coefficient (Wildman–Crippen LogP) is 2.24. The number of carbonyl (C=O) groups is 1. The van der Waals surface area contributed by atoms with Crippen molar-refractivity contribution in [3.63, 3.8) is 0 Å². The van der Waals surface area contributed by atoms with Gasteiger partial charge in [0.1, 0.15) is 6.33 Å². The summed E-state index contributed by atoms with van der Waals surface area (Å²) in [4.78, 5) is 14.5. The van der Waals surface area contributed by atoms with E-state index < -0.39 is 0 Å². The first kappa shape index (κ1) is 20.1. The van der Waals surface area contributed by atoms with E-state index in [9.17, 15) is 4.79 Å². The predicted molar refractivity (Wildman–Crippen MR) is 107 cm³/mol. The summed E-state index contributed by atoms with van der Waals surface area (Å²) in [6, 6.07) is 7.45. The van der Waals surface area contributed by atoms with E-state index >= 15 is 0 Å². The van der Waals surface area contributed by atoms with Gasteiger partial charge in [-0.3, -0.25) is 14.3 Å². The molecule has 7 nitrogen and oxygen atoms in total. The maximum absolute atomic E-state index is 12.1. The van der Waals surface area contributed by atoms with Gasteiger partial charge in [-0.05, 0) is 37.6 Å². The number of ether oxygens (including phenoxy) is 1. The van der Waals surface area contributed by atoms with Crippen LogP contribution in [-0.4, -0.2) is 70.7 Å². The molecule has 0 unspecified atom stereocenters. The van der Waals surface area contributed by atoms with E-state index in [1.165, 1.54) is 11.8 Å². The Bertz CT molecular complexity index is 736. The molecule has 0 spiro atoms. The lowest BCUT2D eigenvalue weighted by atomic mass is 10.2. The number of unbranched alkanes of at least 4 members (excludes halogenated alkanes) is 1. The SMILES string of the molecule is O=C(CSc1nncn1-c1cccc(Cl)c1)NCCCCN1CCOCC1. The molecule has 2 heterocycles. The van der Waals surface area contributed by atoms with Crippen LogP contribution in [0.5, 0.6) is 0 Å². The highest BCUT2D eigenvalue weighted by atomic mass is 35.5. The van der Waals surface area contributed by atoms with E-state index in [0.29, 0.717) is 22.5 Å². The lowest BCUT2D eigenvalue weighted by Gasteiger charge is -2.26. The van der Waals surface area contributed by atoms with Crippen molar-refractivity contribution < 1.29 is 9.53 Å². The first-order chi connectivity index (χ1) is 13.2. The van der Waals surface area contributed by atoms with E-state index in [0.717, 1.165) is 51.4 Å². The number of aromatic nitrogens is 3. The molecule has 1 aliphatic rings. The van der Waals surface area contributed by atoms with Crippen molar-refractivity contribution in [1.82, 2.24) is 25.0 Å². The van der Waals surface area contributed by atoms with E-state index in [2.05, 4.69) is 20.4 Å². The molecule has 0 atom stereocenters. The molecule has 146 valence electrons. The first-order valence-corrected chi connectivity index (χ1v) is 10.4. The number of hydrogen-bond acceptors (Lipinski definition) is 6. The van der Waals surface area contributed by atoms with Crippen LogP contribution < -0.4 is 5.32 Å². The highest BCUT2D eigenvalue weighted by molar-refractivity contribution is 7.99. The third-order valence-corrected chi connectivity index (χ3v) is 5.44. The maximum atomic E-state index is 12.1. The number of carbonyl (C=O) groups excluding carboxylic acids is 1. The molecule has 0 aliphatic carbocycles. The topological polar surface area (TPSA) is 72.3 Å². The Kier molecular flexibility index (Phi) is 7.94. The Morgan fingerprint density at radius 2 is 2.15 bits per heavy atom. The molecule has 0 bridgehead atoms. The van der Waals surface area contributed by atoms with E-state index in [-0.39, 0.29) is 5.91 Å². The van der Waals surface area contributed by atoms with Gasteiger partial charge < -0.3 is 10.1 Å². The second-order valence-electron chi connectivity index (χ2n) is 6.26. The molecule has 27 heavy (non-hydrogen) atoms. The second-order valence-corrected chi connectivity index (χ2v) is 7.64. The number of amides is 1. The van der Waals surface area contributed by atoms with Crippen molar-refractivity contribution in [3.8, 4) is 5.69 Å². The van der Waals surface area contributed by atoms with Crippen LogP contribution in [-0.2, 0) is 9.53 Å². The van der Waals surface area contributed by atoms with Crippen molar-refractivity contribution in [2.75, 3.05) is 45.1 Å². The van der Waals surface area contributed by atoms with Crippen molar-refractivity contribution in [2.45, 2.75) is 18.0 Å². The van der Waals surface area contributed by atoms with Crippen LogP contribution in [0.15, 0.2) is 35.7 Å². The molecule has 1 aromatic heterocycles. The second kappa shape index (κ2) is 10.7. The van der Waals surface area contributed by atoms with Crippen molar-refractivity contribution in [2.24, 2.45) is 0 Å². The summed E-state index contributed by atoms with van der Waals surface area (Å²) >= 11 is 7.40. The van der Waals surface area contributed by atoms with Gasteiger partial charge in [-0.1, -0.05) is 29.4 Å². The van der Waals surface area contributed by atoms with Crippen molar-refractivity contribution >= 4 is 29.3 Å². The lowest BCUT2D eigenvalue weighted by molar-refractivity contribution is -0.118. The zero-order valence-corrected chi connectivity index (χ0v) is 16.7. The quantitative estimate of drug-likeness (QED) is 0.506. The lowest BCUT2D eigenvalue weighted by Crippen LogP contribution is -2.37. The smallest absolute Gasteiger partial charge is 0.230 e. The van der Waals surface area contributed by atoms with Crippen LogP contribution in [0.3, 0.4) is 0 Å². The molecule has 1 saturated heterocycles. The minimum atomic E-state index is 0.00650.